The van der Waals surface area contributed by atoms with Crippen LogP contribution >= 0.6 is 19.4 Å². The lowest BCUT2D eigenvalue weighted by Gasteiger charge is -2.28. The molecule has 3 aromatic rings. The molecule has 0 spiro atoms. The molecule has 0 aliphatic rings. The topological polar surface area (TPSA) is 172 Å². The highest BCUT2D eigenvalue weighted by atomic mass is 35.5. The molecule has 1 heterocycles. The van der Waals surface area contributed by atoms with Crippen molar-refractivity contribution in [3.63, 3.8) is 0 Å². The predicted molar refractivity (Wildman–Crippen MR) is 253 cm³/mol. The van der Waals surface area contributed by atoms with Crippen molar-refractivity contribution in [1.29, 1.82) is 0 Å². The maximum atomic E-state index is 13.7. The smallest absolute Gasteiger partial charge is 0.306 e. The Morgan fingerprint density at radius 2 is 1.37 bits per heavy atom. The Morgan fingerprint density at radius 3 is 1.95 bits per heavy atom. The van der Waals surface area contributed by atoms with E-state index >= 15 is 0 Å². The summed E-state index contributed by atoms with van der Waals surface area (Å²) in [4.78, 5) is 65.0. The van der Waals surface area contributed by atoms with Crippen LogP contribution in [0.25, 0.3) is 10.9 Å². The second kappa shape index (κ2) is 29.8. The van der Waals surface area contributed by atoms with Crippen molar-refractivity contribution in [2.75, 3.05) is 61.2 Å². The number of ether oxygens (including phenoxy) is 3. The van der Waals surface area contributed by atoms with Crippen LogP contribution in [0.1, 0.15) is 144 Å². The first-order chi connectivity index (χ1) is 31.0. The first-order valence-electron chi connectivity index (χ1n) is 23.5. The minimum absolute atomic E-state index is 0.0445. The summed E-state index contributed by atoms with van der Waals surface area (Å²) in [6, 6.07) is 11.9. The number of unbranched alkanes of at least 4 members (excludes halogenated alkanes) is 14. The molecule has 1 N–H and O–H groups in total. The molecule has 0 aliphatic heterocycles. The SMILES string of the molecule is CCCCCCCCCCCCCCCCCC(=O)OCC(COP(=O)([O-])OCC[N+](C)(C)C)OC(=O)CCCNC(=O)Cc1c(C)n(C(=O)c2ccc(Cl)cc2)c2ccc(OC)cc12. The van der Waals surface area contributed by atoms with Gasteiger partial charge in [0.15, 0.2) is 6.10 Å². The molecule has 0 saturated carbocycles. The third-order valence-corrected chi connectivity index (χ3v) is 12.4. The second-order valence-corrected chi connectivity index (χ2v) is 19.7. The van der Waals surface area contributed by atoms with Crippen molar-refractivity contribution in [3.8, 4) is 5.75 Å². The monoisotopic (exact) mass is 947 g/mol. The fraction of sp³-hybridized carbons (Fsp3) is 0.633. The van der Waals surface area contributed by atoms with Crippen LogP contribution in [0.2, 0.25) is 5.02 Å². The molecule has 0 bridgehead atoms. The molecule has 2 aromatic carbocycles. The second-order valence-electron chi connectivity index (χ2n) is 17.8. The van der Waals surface area contributed by atoms with Gasteiger partial charge in [0.1, 0.15) is 25.5 Å². The Morgan fingerprint density at radius 1 is 0.785 bits per heavy atom. The lowest BCUT2D eigenvalue weighted by molar-refractivity contribution is -0.870. The summed E-state index contributed by atoms with van der Waals surface area (Å²) in [6.07, 6.45) is 17.2. The van der Waals surface area contributed by atoms with Gasteiger partial charge in [-0.2, -0.15) is 0 Å². The fourth-order valence-corrected chi connectivity index (χ4v) is 8.23. The number of rotatable bonds is 34. The average molecular weight is 949 g/mol. The van der Waals surface area contributed by atoms with Crippen molar-refractivity contribution in [2.45, 2.75) is 142 Å². The number of nitrogens with zero attached hydrogens (tertiary/aromatic N) is 2. The van der Waals surface area contributed by atoms with E-state index in [1.165, 1.54) is 77.7 Å². The van der Waals surface area contributed by atoms with Crippen molar-refractivity contribution in [3.05, 3.63) is 64.3 Å². The number of phosphoric acid groups is 1. The van der Waals surface area contributed by atoms with E-state index in [0.717, 1.165) is 19.3 Å². The number of phosphoric ester groups is 1. The van der Waals surface area contributed by atoms with Crippen LogP contribution in [0.15, 0.2) is 42.5 Å². The maximum Gasteiger partial charge on any atom is 0.306 e. The standard InChI is InChI=1S/C49H75ClN3O11P/c1-7-8-9-10-11-12-13-14-15-16-17-18-19-20-21-23-47(55)61-36-42(37-63-65(58,59)62-33-32-53(3,4)5)64-48(56)24-22-31-51-46(54)35-43-38(2)52(45-30-29-41(60-6)34-44(43)45)49(57)39-25-27-40(50)28-26-39/h25-30,34,42H,7-24,31-33,35-37H2,1-6H3,(H-,51,54,58,59). The summed E-state index contributed by atoms with van der Waals surface area (Å²) >= 11 is 6.05. The van der Waals surface area contributed by atoms with Crippen LogP contribution in [0.3, 0.4) is 0 Å². The number of hydrogen-bond acceptors (Lipinski definition) is 11. The van der Waals surface area contributed by atoms with Gasteiger partial charge in [-0.3, -0.25) is 28.3 Å². The third kappa shape index (κ3) is 22.0. The average Bonchev–Trinajstić information content (AvgIpc) is 3.53. The van der Waals surface area contributed by atoms with E-state index in [1.54, 1.807) is 54.0 Å². The molecule has 1 amide bonds. The normalized spacial score (nSPS) is 13.0. The molecule has 65 heavy (non-hydrogen) atoms. The number of quaternary nitrogens is 1. The molecule has 0 aliphatic carbocycles. The molecule has 0 saturated heterocycles. The van der Waals surface area contributed by atoms with Gasteiger partial charge in [-0.1, -0.05) is 108 Å². The number of esters is 2. The quantitative estimate of drug-likeness (QED) is 0.0262. The lowest BCUT2D eigenvalue weighted by Crippen LogP contribution is -2.37. The number of hydrogen-bond donors (Lipinski definition) is 1. The first kappa shape index (κ1) is 55.5. The molecule has 16 heteroatoms. The molecule has 2 unspecified atom stereocenters. The first-order valence-corrected chi connectivity index (χ1v) is 25.4. The molecule has 0 radical (unpaired) electrons. The van der Waals surface area contributed by atoms with Crippen LogP contribution in [-0.2, 0) is 43.9 Å². The molecule has 14 nitrogen and oxygen atoms in total. The van der Waals surface area contributed by atoms with Crippen molar-refractivity contribution in [2.24, 2.45) is 0 Å². The molecular weight excluding hydrogens is 873 g/mol. The number of carbonyl (C=O) groups excluding carboxylic acids is 4. The number of aromatic nitrogens is 1. The Hall–Kier alpha value is -3.78. The van der Waals surface area contributed by atoms with Gasteiger partial charge in [0.05, 0.1) is 46.8 Å². The maximum absolute atomic E-state index is 13.7. The van der Waals surface area contributed by atoms with E-state index in [1.807, 2.05) is 21.1 Å². The van der Waals surface area contributed by atoms with Crippen LogP contribution in [-0.4, -0.2) is 100 Å². The van der Waals surface area contributed by atoms with Gasteiger partial charge in [0.2, 0.25) is 5.91 Å². The van der Waals surface area contributed by atoms with Gasteiger partial charge in [-0.05, 0) is 67.8 Å². The van der Waals surface area contributed by atoms with Gasteiger partial charge < -0.3 is 38.0 Å². The summed E-state index contributed by atoms with van der Waals surface area (Å²) < 4.78 is 41.0. The number of methoxy groups -OCH3 is 1. The van der Waals surface area contributed by atoms with Crippen LogP contribution in [0.4, 0.5) is 0 Å². The minimum Gasteiger partial charge on any atom is -0.756 e. The Balaban J connectivity index is 1.46. The summed E-state index contributed by atoms with van der Waals surface area (Å²) in [7, 11) is 2.45. The van der Waals surface area contributed by atoms with Crippen LogP contribution in [0.5, 0.6) is 5.75 Å². The van der Waals surface area contributed by atoms with Crippen LogP contribution < -0.4 is 14.9 Å². The molecule has 2 atom stereocenters. The minimum atomic E-state index is -4.75. The van der Waals surface area contributed by atoms with E-state index in [0.29, 0.717) is 55.9 Å². The predicted octanol–water partition coefficient (Wildman–Crippen LogP) is 9.66. The van der Waals surface area contributed by atoms with Crippen molar-refractivity contribution in [1.82, 2.24) is 9.88 Å². The van der Waals surface area contributed by atoms with E-state index in [9.17, 15) is 28.6 Å². The summed E-state index contributed by atoms with van der Waals surface area (Å²) in [5.41, 5.74) is 2.29. The highest BCUT2D eigenvalue weighted by Crippen LogP contribution is 2.38. The number of amides is 1. The van der Waals surface area contributed by atoms with Gasteiger partial charge in [0, 0.05) is 41.1 Å². The molecule has 1 aromatic heterocycles. The molecule has 3 rings (SSSR count). The zero-order valence-corrected chi connectivity index (χ0v) is 41.5. The molecule has 0 fully saturated rings. The van der Waals surface area contributed by atoms with E-state index in [4.69, 9.17) is 34.9 Å². The van der Waals surface area contributed by atoms with Gasteiger partial charge >= 0.3 is 11.9 Å². The number of nitrogens with one attached hydrogen (secondary N) is 1. The fourth-order valence-electron chi connectivity index (χ4n) is 7.38. The summed E-state index contributed by atoms with van der Waals surface area (Å²) in [5, 5.41) is 4.02. The Bertz CT molecular complexity index is 1960. The third-order valence-electron chi connectivity index (χ3n) is 11.2. The highest BCUT2D eigenvalue weighted by molar-refractivity contribution is 7.45. The summed E-state index contributed by atoms with van der Waals surface area (Å²) in [6.45, 7) is 3.46. The largest absolute Gasteiger partial charge is 0.756 e. The van der Waals surface area contributed by atoms with Gasteiger partial charge in [0.25, 0.3) is 13.7 Å². The Kier molecular flexibility index (Phi) is 25.4. The van der Waals surface area contributed by atoms with E-state index in [-0.39, 0.29) is 50.6 Å². The van der Waals surface area contributed by atoms with Gasteiger partial charge in [-0.15, -0.1) is 0 Å². The number of likely N-dealkylation sites (N-methyl/N-ethyl adjacent to an activating group) is 1. The summed E-state index contributed by atoms with van der Waals surface area (Å²) in [5.74, 6) is -1.20. The van der Waals surface area contributed by atoms with E-state index in [2.05, 4.69) is 12.2 Å². The van der Waals surface area contributed by atoms with Crippen LogP contribution in [0, 0.1) is 6.92 Å². The van der Waals surface area contributed by atoms with Crippen molar-refractivity contribution >= 4 is 54.1 Å². The lowest BCUT2D eigenvalue weighted by atomic mass is 10.0. The zero-order valence-electron chi connectivity index (χ0n) is 39.8. The number of carbonyl (C=O) groups is 4. The molecule has 364 valence electrons. The number of fused-ring (bicyclic) bond motifs is 1. The Labute approximate surface area is 392 Å². The van der Waals surface area contributed by atoms with E-state index < -0.39 is 39.1 Å². The van der Waals surface area contributed by atoms with Gasteiger partial charge in [-0.25, -0.2) is 0 Å². The zero-order chi connectivity index (χ0) is 47.7. The van der Waals surface area contributed by atoms with Crippen molar-refractivity contribution < 1.29 is 56.4 Å². The number of halogens is 1. The number of benzene rings is 2. The highest BCUT2D eigenvalue weighted by Gasteiger charge is 2.24. The molecular formula is C49H75ClN3O11P.